The molecule has 0 amide bonds. The molecule has 6 nitrogen and oxygen atoms in total. The van der Waals surface area contributed by atoms with Gasteiger partial charge in [0.1, 0.15) is 11.6 Å². The average Bonchev–Trinajstić information content (AvgIpc) is 2.62. The molecule has 0 bridgehead atoms. The maximum atomic E-state index is 12.8. The summed E-state index contributed by atoms with van der Waals surface area (Å²) >= 11 is 0. The first-order chi connectivity index (χ1) is 13.3. The SMILES string of the molecule is COc1ccccc1Nc1ccc(NS(=O)(=O)c2c(C)cc(C)cc2C)nc1. The number of rotatable bonds is 6. The predicted molar refractivity (Wildman–Crippen MR) is 112 cm³/mol. The quantitative estimate of drug-likeness (QED) is 0.637. The summed E-state index contributed by atoms with van der Waals surface area (Å²) in [6.07, 6.45) is 1.57. The summed E-state index contributed by atoms with van der Waals surface area (Å²) in [5.41, 5.74) is 3.96. The van der Waals surface area contributed by atoms with Crippen LogP contribution in [-0.2, 0) is 10.0 Å². The number of pyridine rings is 1. The summed E-state index contributed by atoms with van der Waals surface area (Å²) < 4.78 is 33.5. The number of sulfonamides is 1. The van der Waals surface area contributed by atoms with E-state index in [-0.39, 0.29) is 10.7 Å². The fourth-order valence-corrected chi connectivity index (χ4v) is 4.67. The molecule has 1 aromatic heterocycles. The third-order valence-electron chi connectivity index (χ3n) is 4.26. The molecule has 0 saturated carbocycles. The lowest BCUT2D eigenvalue weighted by Gasteiger charge is -2.14. The van der Waals surface area contributed by atoms with Crippen LogP contribution in [0.1, 0.15) is 16.7 Å². The highest BCUT2D eigenvalue weighted by Crippen LogP contribution is 2.28. The molecule has 0 aliphatic heterocycles. The lowest BCUT2D eigenvalue weighted by molar-refractivity contribution is 0.417. The average molecular weight is 398 g/mol. The Morgan fingerprint density at radius 3 is 2.25 bits per heavy atom. The summed E-state index contributed by atoms with van der Waals surface area (Å²) in [4.78, 5) is 4.51. The van der Waals surface area contributed by atoms with Crippen molar-refractivity contribution in [3.63, 3.8) is 0 Å². The number of benzene rings is 2. The highest BCUT2D eigenvalue weighted by atomic mass is 32.2. The van der Waals surface area contributed by atoms with Crippen LogP contribution in [0, 0.1) is 20.8 Å². The molecule has 0 saturated heterocycles. The molecule has 0 fully saturated rings. The van der Waals surface area contributed by atoms with Gasteiger partial charge >= 0.3 is 0 Å². The van der Waals surface area contributed by atoms with Crippen molar-refractivity contribution in [3.05, 3.63) is 71.4 Å². The topological polar surface area (TPSA) is 80.3 Å². The first kappa shape index (κ1) is 19.7. The number of nitrogens with one attached hydrogen (secondary N) is 2. The minimum absolute atomic E-state index is 0.255. The maximum absolute atomic E-state index is 12.8. The molecule has 2 aromatic carbocycles. The number of aryl methyl sites for hydroxylation is 3. The molecular formula is C21H23N3O3S. The van der Waals surface area contributed by atoms with Gasteiger partial charge in [0.15, 0.2) is 0 Å². The van der Waals surface area contributed by atoms with Crippen LogP contribution in [0.25, 0.3) is 0 Å². The highest BCUT2D eigenvalue weighted by Gasteiger charge is 2.20. The van der Waals surface area contributed by atoms with E-state index in [9.17, 15) is 8.42 Å². The number of aromatic nitrogens is 1. The van der Waals surface area contributed by atoms with E-state index in [1.807, 2.05) is 43.3 Å². The van der Waals surface area contributed by atoms with E-state index in [0.29, 0.717) is 16.9 Å². The molecule has 3 aromatic rings. The summed E-state index contributed by atoms with van der Waals surface area (Å²) in [5, 5.41) is 3.20. The number of para-hydroxylation sites is 2. The molecule has 0 atom stereocenters. The van der Waals surface area contributed by atoms with Crippen LogP contribution >= 0.6 is 0 Å². The van der Waals surface area contributed by atoms with Gasteiger partial charge in [0.25, 0.3) is 10.0 Å². The zero-order valence-corrected chi connectivity index (χ0v) is 17.1. The number of anilines is 3. The van der Waals surface area contributed by atoms with E-state index in [1.54, 1.807) is 39.3 Å². The molecule has 0 aliphatic carbocycles. The van der Waals surface area contributed by atoms with Crippen molar-refractivity contribution in [1.82, 2.24) is 4.98 Å². The van der Waals surface area contributed by atoms with E-state index in [2.05, 4.69) is 15.0 Å². The van der Waals surface area contributed by atoms with Crippen molar-refractivity contribution < 1.29 is 13.2 Å². The number of hydrogen-bond acceptors (Lipinski definition) is 5. The molecule has 3 rings (SSSR count). The molecular weight excluding hydrogens is 374 g/mol. The van der Waals surface area contributed by atoms with Crippen molar-refractivity contribution >= 4 is 27.2 Å². The van der Waals surface area contributed by atoms with Gasteiger partial charge in [-0.25, -0.2) is 13.4 Å². The number of methoxy groups -OCH3 is 1. The Labute approximate surface area is 165 Å². The van der Waals surface area contributed by atoms with Crippen molar-refractivity contribution in [1.29, 1.82) is 0 Å². The minimum atomic E-state index is -3.73. The van der Waals surface area contributed by atoms with Gasteiger partial charge in [-0.05, 0) is 56.2 Å². The molecule has 0 radical (unpaired) electrons. The lowest BCUT2D eigenvalue weighted by atomic mass is 10.1. The van der Waals surface area contributed by atoms with E-state index in [1.165, 1.54) is 0 Å². The maximum Gasteiger partial charge on any atom is 0.263 e. The van der Waals surface area contributed by atoms with Gasteiger partial charge < -0.3 is 10.1 Å². The molecule has 7 heteroatoms. The van der Waals surface area contributed by atoms with E-state index in [0.717, 1.165) is 16.9 Å². The van der Waals surface area contributed by atoms with Crippen LogP contribution in [0.4, 0.5) is 17.2 Å². The molecule has 0 aliphatic rings. The van der Waals surface area contributed by atoms with Crippen LogP contribution in [0.3, 0.4) is 0 Å². The van der Waals surface area contributed by atoms with Gasteiger partial charge in [0, 0.05) is 0 Å². The first-order valence-corrected chi connectivity index (χ1v) is 10.3. The van der Waals surface area contributed by atoms with E-state index < -0.39 is 10.0 Å². The Morgan fingerprint density at radius 2 is 1.64 bits per heavy atom. The van der Waals surface area contributed by atoms with Crippen LogP contribution in [0.5, 0.6) is 5.75 Å². The summed E-state index contributed by atoms with van der Waals surface area (Å²) in [5.74, 6) is 0.961. The monoisotopic (exact) mass is 397 g/mol. The molecule has 2 N–H and O–H groups in total. The summed E-state index contributed by atoms with van der Waals surface area (Å²) in [6, 6.07) is 14.6. The second-order valence-corrected chi connectivity index (χ2v) is 8.21. The van der Waals surface area contributed by atoms with Crippen LogP contribution in [0.2, 0.25) is 0 Å². The van der Waals surface area contributed by atoms with Crippen molar-refractivity contribution in [2.75, 3.05) is 17.1 Å². The Morgan fingerprint density at radius 1 is 0.964 bits per heavy atom. The molecule has 1 heterocycles. The van der Waals surface area contributed by atoms with Crippen molar-refractivity contribution in [2.24, 2.45) is 0 Å². The fraction of sp³-hybridized carbons (Fsp3) is 0.190. The summed E-state index contributed by atoms with van der Waals surface area (Å²) in [7, 11) is -2.12. The zero-order valence-electron chi connectivity index (χ0n) is 16.3. The normalized spacial score (nSPS) is 11.1. The van der Waals surface area contributed by atoms with E-state index >= 15 is 0 Å². The third-order valence-corrected chi connectivity index (χ3v) is 5.92. The first-order valence-electron chi connectivity index (χ1n) is 8.77. The highest BCUT2D eigenvalue weighted by molar-refractivity contribution is 7.92. The lowest BCUT2D eigenvalue weighted by Crippen LogP contribution is -2.16. The van der Waals surface area contributed by atoms with E-state index in [4.69, 9.17) is 4.74 Å². The predicted octanol–water partition coefficient (Wildman–Crippen LogP) is 4.56. The Bertz CT molecular complexity index is 1070. The molecule has 0 spiro atoms. The van der Waals surface area contributed by atoms with Gasteiger partial charge in [0.2, 0.25) is 0 Å². The Hall–Kier alpha value is -3.06. The van der Waals surface area contributed by atoms with Crippen molar-refractivity contribution in [2.45, 2.75) is 25.7 Å². The zero-order chi connectivity index (χ0) is 20.3. The molecule has 146 valence electrons. The molecule has 0 unspecified atom stereocenters. The Balaban J connectivity index is 1.81. The third kappa shape index (κ3) is 4.26. The largest absolute Gasteiger partial charge is 0.495 e. The van der Waals surface area contributed by atoms with Gasteiger partial charge in [-0.2, -0.15) is 0 Å². The van der Waals surface area contributed by atoms with Gasteiger partial charge in [-0.3, -0.25) is 4.72 Å². The second-order valence-electron chi connectivity index (χ2n) is 6.59. The standard InChI is InChI=1S/C21H23N3O3S/c1-14-11-15(2)21(16(3)12-14)28(25,26)24-20-10-9-17(13-22-20)23-18-7-5-6-8-19(18)27-4/h5-13,23H,1-4H3,(H,22,24). The van der Waals surface area contributed by atoms with Gasteiger partial charge in [-0.15, -0.1) is 0 Å². The minimum Gasteiger partial charge on any atom is -0.495 e. The number of ether oxygens (including phenoxy) is 1. The fourth-order valence-electron chi connectivity index (χ4n) is 3.21. The van der Waals surface area contributed by atoms with Crippen molar-refractivity contribution in [3.8, 4) is 5.75 Å². The van der Waals surface area contributed by atoms with Gasteiger partial charge in [-0.1, -0.05) is 29.8 Å². The molecule has 28 heavy (non-hydrogen) atoms. The van der Waals surface area contributed by atoms with Crippen LogP contribution in [-0.4, -0.2) is 20.5 Å². The van der Waals surface area contributed by atoms with Crippen LogP contribution in [0.15, 0.2) is 59.6 Å². The smallest absolute Gasteiger partial charge is 0.263 e. The summed E-state index contributed by atoms with van der Waals surface area (Å²) in [6.45, 7) is 5.53. The number of hydrogen-bond donors (Lipinski definition) is 2. The van der Waals surface area contributed by atoms with Gasteiger partial charge in [0.05, 0.1) is 29.6 Å². The van der Waals surface area contributed by atoms with Crippen LogP contribution < -0.4 is 14.8 Å². The second kappa shape index (κ2) is 7.90. The number of nitrogens with zero attached hydrogens (tertiary/aromatic N) is 1. The Kier molecular flexibility index (Phi) is 5.56.